The lowest BCUT2D eigenvalue weighted by Gasteiger charge is -2.33. The molecule has 3 rings (SSSR count). The van der Waals surface area contributed by atoms with Crippen LogP contribution >= 0.6 is 11.3 Å². The third-order valence-electron chi connectivity index (χ3n) is 4.69. The zero-order chi connectivity index (χ0) is 17.0. The lowest BCUT2D eigenvalue weighted by molar-refractivity contribution is -0.129. The molecule has 7 heteroatoms. The molecule has 0 spiro atoms. The number of rotatable bonds is 5. The molecule has 0 unspecified atom stereocenters. The third-order valence-corrected chi connectivity index (χ3v) is 7.51. The number of nitrogens with zero attached hydrogens (tertiary/aromatic N) is 1. The molecule has 1 aliphatic carbocycles. The van der Waals surface area contributed by atoms with E-state index in [0.29, 0.717) is 17.3 Å². The van der Waals surface area contributed by atoms with Crippen LogP contribution in [0.1, 0.15) is 38.5 Å². The fraction of sp³-hybridized carbons (Fsp3) is 0.588. The van der Waals surface area contributed by atoms with Gasteiger partial charge in [0.1, 0.15) is 4.21 Å². The molecule has 1 fully saturated rings. The second-order valence-electron chi connectivity index (χ2n) is 6.52. The Bertz CT molecular complexity index is 695. The van der Waals surface area contributed by atoms with Crippen molar-refractivity contribution in [3.8, 4) is 0 Å². The third kappa shape index (κ3) is 4.26. The molecule has 1 aromatic rings. The minimum Gasteiger partial charge on any atom is -0.339 e. The molecule has 0 aromatic carbocycles. The average Bonchev–Trinajstić information content (AvgIpc) is 3.16. The SMILES string of the molecule is O=C(C1=CCCCC1)N1CCC[C@H](CNS(=O)(=O)c2cccs2)C1. The van der Waals surface area contributed by atoms with Crippen LogP contribution in [0, 0.1) is 5.92 Å². The van der Waals surface area contributed by atoms with Gasteiger partial charge in [-0.25, -0.2) is 13.1 Å². The molecular formula is C17H24N2O3S2. The molecule has 1 aromatic heterocycles. The minimum absolute atomic E-state index is 0.153. The highest BCUT2D eigenvalue weighted by Gasteiger charge is 2.27. The van der Waals surface area contributed by atoms with E-state index in [0.717, 1.165) is 44.2 Å². The number of sulfonamides is 1. The van der Waals surface area contributed by atoms with E-state index in [1.165, 1.54) is 17.8 Å². The van der Waals surface area contributed by atoms with E-state index in [2.05, 4.69) is 10.8 Å². The van der Waals surface area contributed by atoms with Crippen LogP contribution in [0.5, 0.6) is 0 Å². The van der Waals surface area contributed by atoms with Crippen LogP contribution in [0.3, 0.4) is 0 Å². The van der Waals surface area contributed by atoms with Gasteiger partial charge < -0.3 is 4.90 Å². The predicted octanol–water partition coefficient (Wildman–Crippen LogP) is 2.77. The van der Waals surface area contributed by atoms with Gasteiger partial charge >= 0.3 is 0 Å². The zero-order valence-corrected chi connectivity index (χ0v) is 15.4. The first-order valence-electron chi connectivity index (χ1n) is 8.58. The van der Waals surface area contributed by atoms with Crippen molar-refractivity contribution in [2.75, 3.05) is 19.6 Å². The highest BCUT2D eigenvalue weighted by molar-refractivity contribution is 7.91. The summed E-state index contributed by atoms with van der Waals surface area (Å²) in [6.45, 7) is 1.82. The normalized spacial score (nSPS) is 22.2. The minimum atomic E-state index is -3.42. The van der Waals surface area contributed by atoms with Crippen LogP contribution in [0.4, 0.5) is 0 Å². The van der Waals surface area contributed by atoms with Crippen LogP contribution in [0.25, 0.3) is 0 Å². The Hall–Kier alpha value is -1.18. The smallest absolute Gasteiger partial charge is 0.250 e. The van der Waals surface area contributed by atoms with E-state index in [-0.39, 0.29) is 11.8 Å². The number of carbonyl (C=O) groups excluding carboxylic acids is 1. The summed E-state index contributed by atoms with van der Waals surface area (Å²) in [5.74, 6) is 0.335. The fourth-order valence-electron chi connectivity index (χ4n) is 3.37. The van der Waals surface area contributed by atoms with Gasteiger partial charge in [0.25, 0.3) is 0 Å². The number of hydrogen-bond donors (Lipinski definition) is 1. The number of hydrogen-bond acceptors (Lipinski definition) is 4. The maximum absolute atomic E-state index is 12.6. The fourth-order valence-corrected chi connectivity index (χ4v) is 5.52. The first-order chi connectivity index (χ1) is 11.6. The van der Waals surface area contributed by atoms with Crippen LogP contribution in [-0.4, -0.2) is 38.9 Å². The quantitative estimate of drug-likeness (QED) is 0.869. The summed E-state index contributed by atoms with van der Waals surface area (Å²) in [6, 6.07) is 3.34. The Balaban J connectivity index is 1.56. The molecular weight excluding hydrogens is 344 g/mol. The Labute approximate surface area is 147 Å². The Kier molecular flexibility index (Phi) is 5.73. The van der Waals surface area contributed by atoms with Crippen LogP contribution in [0.2, 0.25) is 0 Å². The van der Waals surface area contributed by atoms with Crippen LogP contribution < -0.4 is 4.72 Å². The van der Waals surface area contributed by atoms with Crippen molar-refractivity contribution in [1.82, 2.24) is 9.62 Å². The summed E-state index contributed by atoms with van der Waals surface area (Å²) >= 11 is 1.22. The molecule has 1 saturated heterocycles. The molecule has 1 amide bonds. The lowest BCUT2D eigenvalue weighted by Crippen LogP contribution is -2.44. The second kappa shape index (κ2) is 7.80. The summed E-state index contributed by atoms with van der Waals surface area (Å²) in [7, 11) is -3.42. The van der Waals surface area contributed by atoms with Gasteiger partial charge in [0.05, 0.1) is 0 Å². The highest BCUT2D eigenvalue weighted by atomic mass is 32.2. The number of amides is 1. The molecule has 1 aliphatic heterocycles. The van der Waals surface area contributed by atoms with E-state index in [4.69, 9.17) is 0 Å². The molecule has 5 nitrogen and oxygen atoms in total. The molecule has 0 bridgehead atoms. The maximum Gasteiger partial charge on any atom is 0.250 e. The Morgan fingerprint density at radius 1 is 1.33 bits per heavy atom. The number of carbonyl (C=O) groups is 1. The summed E-state index contributed by atoms with van der Waals surface area (Å²) in [5.41, 5.74) is 0.945. The van der Waals surface area contributed by atoms with Gasteiger partial charge in [-0.2, -0.15) is 0 Å². The van der Waals surface area contributed by atoms with Crippen molar-refractivity contribution in [2.24, 2.45) is 5.92 Å². The molecule has 1 N–H and O–H groups in total. The largest absolute Gasteiger partial charge is 0.339 e. The molecule has 24 heavy (non-hydrogen) atoms. The van der Waals surface area contributed by atoms with E-state index >= 15 is 0 Å². The predicted molar refractivity (Wildman–Crippen MR) is 95.4 cm³/mol. The lowest BCUT2D eigenvalue weighted by atomic mass is 9.95. The van der Waals surface area contributed by atoms with Gasteiger partial charge in [0.15, 0.2) is 0 Å². The van der Waals surface area contributed by atoms with Gasteiger partial charge in [-0.1, -0.05) is 12.1 Å². The molecule has 132 valence electrons. The first-order valence-corrected chi connectivity index (χ1v) is 10.9. The van der Waals surface area contributed by atoms with Gasteiger partial charge in [0, 0.05) is 25.2 Å². The number of nitrogens with one attached hydrogen (secondary N) is 1. The highest BCUT2D eigenvalue weighted by Crippen LogP contribution is 2.23. The molecule has 0 radical (unpaired) electrons. The maximum atomic E-state index is 12.6. The van der Waals surface area contributed by atoms with E-state index < -0.39 is 10.0 Å². The molecule has 2 heterocycles. The summed E-state index contributed by atoms with van der Waals surface area (Å²) in [5, 5.41) is 1.76. The number of allylic oxidation sites excluding steroid dienone is 1. The topological polar surface area (TPSA) is 66.5 Å². The second-order valence-corrected chi connectivity index (χ2v) is 9.46. The van der Waals surface area contributed by atoms with Crippen molar-refractivity contribution >= 4 is 27.3 Å². The molecule has 0 saturated carbocycles. The zero-order valence-electron chi connectivity index (χ0n) is 13.7. The van der Waals surface area contributed by atoms with Crippen molar-refractivity contribution in [2.45, 2.75) is 42.7 Å². The standard InChI is InChI=1S/C17H24N2O3S2/c20-17(15-7-2-1-3-8-15)19-10-4-6-14(13-19)12-18-24(21,22)16-9-5-11-23-16/h5,7,9,11,14,18H,1-4,6,8,10,12-13H2/t14-/m1/s1. The van der Waals surface area contributed by atoms with Gasteiger partial charge in [-0.05, 0) is 55.9 Å². The summed E-state index contributed by atoms with van der Waals surface area (Å²) < 4.78 is 27.5. The van der Waals surface area contributed by atoms with Crippen molar-refractivity contribution in [3.63, 3.8) is 0 Å². The monoisotopic (exact) mass is 368 g/mol. The van der Waals surface area contributed by atoms with Gasteiger partial charge in [-0.15, -0.1) is 11.3 Å². The molecule has 2 aliphatic rings. The number of piperidine rings is 1. The Morgan fingerprint density at radius 3 is 2.92 bits per heavy atom. The first kappa shape index (κ1) is 17.6. The van der Waals surface area contributed by atoms with E-state index in [1.54, 1.807) is 17.5 Å². The van der Waals surface area contributed by atoms with Gasteiger partial charge in [0.2, 0.25) is 15.9 Å². The van der Waals surface area contributed by atoms with E-state index in [9.17, 15) is 13.2 Å². The average molecular weight is 369 g/mol. The van der Waals surface area contributed by atoms with Crippen molar-refractivity contribution in [1.29, 1.82) is 0 Å². The van der Waals surface area contributed by atoms with Crippen LogP contribution in [0.15, 0.2) is 33.4 Å². The van der Waals surface area contributed by atoms with Gasteiger partial charge in [-0.3, -0.25) is 4.79 Å². The van der Waals surface area contributed by atoms with E-state index in [1.807, 2.05) is 4.90 Å². The summed E-state index contributed by atoms with van der Waals surface area (Å²) in [4.78, 5) is 14.5. The van der Waals surface area contributed by atoms with Crippen molar-refractivity contribution < 1.29 is 13.2 Å². The van der Waals surface area contributed by atoms with Crippen LogP contribution in [-0.2, 0) is 14.8 Å². The summed E-state index contributed by atoms with van der Waals surface area (Å²) in [6.07, 6.45) is 8.11. The number of thiophene rings is 1. The molecule has 1 atom stereocenters. The number of likely N-dealkylation sites (tertiary alicyclic amines) is 1. The van der Waals surface area contributed by atoms with Crippen molar-refractivity contribution in [3.05, 3.63) is 29.2 Å². The Morgan fingerprint density at radius 2 is 2.21 bits per heavy atom.